The molecule has 23 heavy (non-hydrogen) atoms. The van der Waals surface area contributed by atoms with Crippen molar-refractivity contribution in [2.45, 2.75) is 19.4 Å². The summed E-state index contributed by atoms with van der Waals surface area (Å²) in [5.74, 6) is -0.641. The van der Waals surface area contributed by atoms with E-state index in [2.05, 4.69) is 5.10 Å². The average Bonchev–Trinajstić information content (AvgIpc) is 2.96. The molecule has 1 aliphatic heterocycles. The molecule has 0 radical (unpaired) electrons. The molecule has 0 aromatic heterocycles. The number of nitrogens with zero attached hydrogens (tertiary/aromatic N) is 2. The average molecular weight is 333 g/mol. The van der Waals surface area contributed by atoms with Crippen LogP contribution in [0.5, 0.6) is 5.75 Å². The van der Waals surface area contributed by atoms with Crippen molar-refractivity contribution in [2.24, 2.45) is 5.10 Å². The van der Waals surface area contributed by atoms with Gasteiger partial charge in [0.1, 0.15) is 11.6 Å². The molecule has 0 aliphatic carbocycles. The van der Waals surface area contributed by atoms with Crippen LogP contribution < -0.4 is 0 Å². The molecule has 2 aromatic rings. The second-order valence-corrected chi connectivity index (χ2v) is 5.73. The van der Waals surface area contributed by atoms with Crippen LogP contribution >= 0.6 is 11.6 Å². The molecule has 4 nitrogen and oxygen atoms in total. The standard InChI is InChI=1S/C17H14ClFN2O2/c1-10(22)21-16(11-6-7-14(19)13(18)8-11)9-15(20-21)12-4-2-3-5-17(12)23/h2-8,16,23H,9H2,1H3. The SMILES string of the molecule is CC(=O)N1N=C(c2ccccc2O)CC1c1ccc(F)c(Cl)c1. The number of para-hydroxylation sites is 1. The molecule has 1 heterocycles. The van der Waals surface area contributed by atoms with Crippen molar-refractivity contribution in [3.8, 4) is 5.75 Å². The zero-order valence-corrected chi connectivity index (χ0v) is 13.1. The Hall–Kier alpha value is -2.40. The Morgan fingerprint density at radius 3 is 2.74 bits per heavy atom. The van der Waals surface area contributed by atoms with E-state index in [1.807, 2.05) is 0 Å². The van der Waals surface area contributed by atoms with E-state index in [9.17, 15) is 14.3 Å². The monoisotopic (exact) mass is 332 g/mol. The van der Waals surface area contributed by atoms with Crippen LogP contribution in [0.1, 0.15) is 30.5 Å². The first-order chi connectivity index (χ1) is 11.0. The fourth-order valence-corrected chi connectivity index (χ4v) is 2.85. The van der Waals surface area contributed by atoms with E-state index >= 15 is 0 Å². The maximum Gasteiger partial charge on any atom is 0.240 e. The molecule has 2 aromatic carbocycles. The minimum absolute atomic E-state index is 0.00186. The number of carbonyl (C=O) groups excluding carboxylic acids is 1. The topological polar surface area (TPSA) is 52.9 Å². The van der Waals surface area contributed by atoms with E-state index in [-0.39, 0.29) is 22.7 Å². The lowest BCUT2D eigenvalue weighted by Crippen LogP contribution is -2.24. The summed E-state index contributed by atoms with van der Waals surface area (Å²) < 4.78 is 13.4. The molecule has 1 unspecified atom stereocenters. The number of halogens is 2. The van der Waals surface area contributed by atoms with Crippen LogP contribution in [0.15, 0.2) is 47.6 Å². The van der Waals surface area contributed by atoms with Crippen LogP contribution in [0.25, 0.3) is 0 Å². The first-order valence-corrected chi connectivity index (χ1v) is 7.45. The fraction of sp³-hybridized carbons (Fsp3) is 0.176. The summed E-state index contributed by atoms with van der Waals surface area (Å²) in [6, 6.07) is 10.8. The highest BCUT2D eigenvalue weighted by Crippen LogP contribution is 2.35. The van der Waals surface area contributed by atoms with Gasteiger partial charge in [0.15, 0.2) is 0 Å². The third kappa shape index (κ3) is 2.92. The molecule has 0 saturated heterocycles. The van der Waals surface area contributed by atoms with Gasteiger partial charge in [0.05, 0.1) is 16.8 Å². The maximum atomic E-state index is 13.4. The fourth-order valence-electron chi connectivity index (χ4n) is 2.66. The minimum Gasteiger partial charge on any atom is -0.507 e. The zero-order chi connectivity index (χ0) is 16.6. The number of rotatable bonds is 2. The lowest BCUT2D eigenvalue weighted by Gasteiger charge is -2.20. The number of hydrogen-bond acceptors (Lipinski definition) is 3. The first-order valence-electron chi connectivity index (χ1n) is 7.08. The molecule has 118 valence electrons. The van der Waals surface area contributed by atoms with Gasteiger partial charge in [-0.15, -0.1) is 0 Å². The number of phenolic OH excluding ortho intramolecular Hbond substituents is 1. The van der Waals surface area contributed by atoms with Gasteiger partial charge in [0.25, 0.3) is 0 Å². The summed E-state index contributed by atoms with van der Waals surface area (Å²) in [6.07, 6.45) is 0.416. The number of hydrogen-bond donors (Lipinski definition) is 1. The van der Waals surface area contributed by atoms with Crippen molar-refractivity contribution in [2.75, 3.05) is 0 Å². The van der Waals surface area contributed by atoms with Crippen molar-refractivity contribution < 1.29 is 14.3 Å². The first kappa shape index (κ1) is 15.5. The summed E-state index contributed by atoms with van der Waals surface area (Å²) in [4.78, 5) is 11.9. The number of benzene rings is 2. The number of hydrazone groups is 1. The lowest BCUT2D eigenvalue weighted by atomic mass is 9.98. The minimum atomic E-state index is -0.510. The Morgan fingerprint density at radius 2 is 2.09 bits per heavy atom. The van der Waals surface area contributed by atoms with Gasteiger partial charge in [-0.25, -0.2) is 9.40 Å². The van der Waals surface area contributed by atoms with Gasteiger partial charge in [-0.05, 0) is 29.8 Å². The van der Waals surface area contributed by atoms with E-state index in [0.717, 1.165) is 0 Å². The molecule has 3 rings (SSSR count). The second-order valence-electron chi connectivity index (χ2n) is 5.32. The predicted octanol–water partition coefficient (Wildman–Crippen LogP) is 3.88. The van der Waals surface area contributed by atoms with Crippen LogP contribution in [-0.4, -0.2) is 21.7 Å². The Labute approximate surface area is 137 Å². The Kier molecular flexibility index (Phi) is 4.05. The van der Waals surface area contributed by atoms with Gasteiger partial charge in [-0.2, -0.15) is 5.10 Å². The molecule has 0 bridgehead atoms. The Bertz CT molecular complexity index is 807. The van der Waals surface area contributed by atoms with Crippen molar-refractivity contribution >= 4 is 23.2 Å². The molecule has 0 saturated carbocycles. The molecule has 0 spiro atoms. The van der Waals surface area contributed by atoms with E-state index in [1.54, 1.807) is 30.3 Å². The van der Waals surface area contributed by atoms with E-state index in [0.29, 0.717) is 23.3 Å². The van der Waals surface area contributed by atoms with Gasteiger partial charge in [-0.3, -0.25) is 4.79 Å². The highest BCUT2D eigenvalue weighted by molar-refractivity contribution is 6.30. The van der Waals surface area contributed by atoms with Crippen LogP contribution in [-0.2, 0) is 4.79 Å². The Morgan fingerprint density at radius 1 is 1.35 bits per heavy atom. The molecule has 1 amide bonds. The Balaban J connectivity index is 1.99. The molecular weight excluding hydrogens is 319 g/mol. The van der Waals surface area contributed by atoms with Crippen LogP contribution in [0.2, 0.25) is 5.02 Å². The van der Waals surface area contributed by atoms with Gasteiger partial charge >= 0.3 is 0 Å². The number of phenols is 1. The molecule has 1 atom stereocenters. The smallest absolute Gasteiger partial charge is 0.240 e. The highest BCUT2D eigenvalue weighted by Gasteiger charge is 2.32. The summed E-state index contributed by atoms with van der Waals surface area (Å²) in [5, 5.41) is 15.7. The van der Waals surface area contributed by atoms with Gasteiger partial charge in [0.2, 0.25) is 5.91 Å². The summed E-state index contributed by atoms with van der Waals surface area (Å²) in [6.45, 7) is 1.41. The largest absolute Gasteiger partial charge is 0.507 e. The van der Waals surface area contributed by atoms with Crippen molar-refractivity contribution in [1.82, 2.24) is 5.01 Å². The van der Waals surface area contributed by atoms with E-state index < -0.39 is 5.82 Å². The molecule has 1 aliphatic rings. The van der Waals surface area contributed by atoms with E-state index in [4.69, 9.17) is 11.6 Å². The van der Waals surface area contributed by atoms with Crippen LogP contribution in [0.3, 0.4) is 0 Å². The molecule has 0 fully saturated rings. The van der Waals surface area contributed by atoms with Crippen LogP contribution in [0, 0.1) is 5.82 Å². The third-order valence-electron chi connectivity index (χ3n) is 3.78. The molecule has 1 N–H and O–H groups in total. The molecular formula is C17H14ClFN2O2. The predicted molar refractivity (Wildman–Crippen MR) is 85.9 cm³/mol. The third-order valence-corrected chi connectivity index (χ3v) is 4.07. The number of aromatic hydroxyl groups is 1. The molecule has 6 heteroatoms. The lowest BCUT2D eigenvalue weighted by molar-refractivity contribution is -0.130. The summed E-state index contributed by atoms with van der Waals surface area (Å²) in [5.41, 5.74) is 1.87. The number of amides is 1. The van der Waals surface area contributed by atoms with E-state index in [1.165, 1.54) is 24.1 Å². The van der Waals surface area contributed by atoms with Gasteiger partial charge in [-0.1, -0.05) is 29.8 Å². The highest BCUT2D eigenvalue weighted by atomic mass is 35.5. The normalized spacial score (nSPS) is 17.3. The van der Waals surface area contributed by atoms with Gasteiger partial charge < -0.3 is 5.11 Å². The van der Waals surface area contributed by atoms with Crippen molar-refractivity contribution in [3.63, 3.8) is 0 Å². The zero-order valence-electron chi connectivity index (χ0n) is 12.3. The summed E-state index contributed by atoms with van der Waals surface area (Å²) in [7, 11) is 0. The van der Waals surface area contributed by atoms with Crippen LogP contribution in [0.4, 0.5) is 4.39 Å². The quantitative estimate of drug-likeness (QED) is 0.907. The number of carbonyl (C=O) groups is 1. The second kappa shape index (κ2) is 6.01. The maximum absolute atomic E-state index is 13.4. The van der Waals surface area contributed by atoms with Crippen molar-refractivity contribution in [1.29, 1.82) is 0 Å². The van der Waals surface area contributed by atoms with Gasteiger partial charge in [0, 0.05) is 18.9 Å². The summed E-state index contributed by atoms with van der Waals surface area (Å²) >= 11 is 5.84. The van der Waals surface area contributed by atoms with Crippen molar-refractivity contribution in [3.05, 3.63) is 64.4 Å².